The molecule has 0 unspecified atom stereocenters. The van der Waals surface area contributed by atoms with Crippen LogP contribution in [-0.4, -0.2) is 57.4 Å². The van der Waals surface area contributed by atoms with E-state index in [0.717, 1.165) is 12.8 Å². The molecule has 1 atom stereocenters. The topological polar surface area (TPSA) is 83.4 Å². The van der Waals surface area contributed by atoms with E-state index in [1.165, 1.54) is 6.08 Å². The summed E-state index contributed by atoms with van der Waals surface area (Å²) in [6.07, 6.45) is 6.29. The Kier molecular flexibility index (Phi) is 4.81. The lowest BCUT2D eigenvalue weighted by molar-refractivity contribution is -0.127. The number of fused-ring (bicyclic) bond motifs is 1. The lowest BCUT2D eigenvalue weighted by Gasteiger charge is -2.38. The van der Waals surface area contributed by atoms with Gasteiger partial charge in [0, 0.05) is 51.5 Å². The number of nitrogens with zero attached hydrogens (tertiary/aromatic N) is 5. The maximum atomic E-state index is 15.4. The number of carbonyl (C=O) groups is 2. The molecule has 0 aromatic carbocycles. The number of anilines is 1. The minimum Gasteiger partial charge on any atom is -0.352 e. The summed E-state index contributed by atoms with van der Waals surface area (Å²) in [7, 11) is 3.59. The Labute approximate surface area is 168 Å². The van der Waals surface area contributed by atoms with E-state index in [-0.39, 0.29) is 35.8 Å². The van der Waals surface area contributed by atoms with Gasteiger partial charge in [-0.25, -0.2) is 14.4 Å². The first-order valence-corrected chi connectivity index (χ1v) is 9.53. The quantitative estimate of drug-likeness (QED) is 0.789. The van der Waals surface area contributed by atoms with Gasteiger partial charge in [-0.3, -0.25) is 9.59 Å². The number of pyridine rings is 1. The van der Waals surface area contributed by atoms with E-state index in [0.29, 0.717) is 30.0 Å². The highest BCUT2D eigenvalue weighted by Crippen LogP contribution is 2.34. The summed E-state index contributed by atoms with van der Waals surface area (Å²) in [6.45, 7) is 4.79. The number of amides is 2. The third kappa shape index (κ3) is 3.26. The number of likely N-dealkylation sites (tertiary alicyclic amines) is 1. The third-order valence-corrected chi connectivity index (χ3v) is 5.58. The Morgan fingerprint density at radius 1 is 1.48 bits per heavy atom. The van der Waals surface area contributed by atoms with Crippen molar-refractivity contribution in [3.05, 3.63) is 42.1 Å². The maximum Gasteiger partial charge on any atom is 0.254 e. The minimum absolute atomic E-state index is 0.0886. The first kappa shape index (κ1) is 19.1. The van der Waals surface area contributed by atoms with Gasteiger partial charge < -0.3 is 19.7 Å². The smallest absolute Gasteiger partial charge is 0.254 e. The van der Waals surface area contributed by atoms with Gasteiger partial charge in [-0.15, -0.1) is 0 Å². The number of halogens is 1. The summed E-state index contributed by atoms with van der Waals surface area (Å²) in [5, 5.41) is 2.68. The fraction of sp³-hybridized carbons (Fsp3) is 0.400. The molecule has 29 heavy (non-hydrogen) atoms. The van der Waals surface area contributed by atoms with E-state index in [4.69, 9.17) is 0 Å². The third-order valence-electron chi connectivity index (χ3n) is 5.58. The molecule has 0 radical (unpaired) electrons. The number of aryl methyl sites for hydroxylation is 1. The molecule has 2 aliphatic heterocycles. The molecule has 2 aliphatic rings. The summed E-state index contributed by atoms with van der Waals surface area (Å²) in [5.41, 5.74) is 1.43. The molecule has 1 N–H and O–H groups in total. The minimum atomic E-state index is -0.507. The fourth-order valence-electron chi connectivity index (χ4n) is 3.99. The molecule has 4 rings (SSSR count). The zero-order valence-corrected chi connectivity index (χ0v) is 16.5. The number of carbonyl (C=O) groups excluding carboxylic acids is 2. The first-order valence-electron chi connectivity index (χ1n) is 9.53. The van der Waals surface area contributed by atoms with Crippen LogP contribution in [0.2, 0.25) is 0 Å². The average Bonchev–Trinajstić information content (AvgIpc) is 3.34. The second kappa shape index (κ2) is 7.31. The summed E-state index contributed by atoms with van der Waals surface area (Å²) in [6, 6.07) is -0.0886. The van der Waals surface area contributed by atoms with E-state index >= 15 is 4.39 Å². The van der Waals surface area contributed by atoms with Crippen LogP contribution < -0.4 is 10.2 Å². The van der Waals surface area contributed by atoms with Gasteiger partial charge in [-0.2, -0.15) is 0 Å². The van der Waals surface area contributed by atoms with Gasteiger partial charge in [0.2, 0.25) is 5.91 Å². The van der Waals surface area contributed by atoms with Crippen LogP contribution in [0.15, 0.2) is 25.2 Å². The Morgan fingerprint density at radius 2 is 2.28 bits per heavy atom. The summed E-state index contributed by atoms with van der Waals surface area (Å²) in [5.74, 6) is -0.817. The number of hydrogen-bond acceptors (Lipinski definition) is 5. The first-order chi connectivity index (χ1) is 13.9. The van der Waals surface area contributed by atoms with Crippen LogP contribution in [0.5, 0.6) is 0 Å². The van der Waals surface area contributed by atoms with Crippen molar-refractivity contribution in [2.75, 3.05) is 25.0 Å². The van der Waals surface area contributed by atoms with E-state index < -0.39 is 5.82 Å². The Balaban J connectivity index is 1.75. The van der Waals surface area contributed by atoms with Crippen LogP contribution in [0, 0.1) is 5.82 Å². The summed E-state index contributed by atoms with van der Waals surface area (Å²) < 4.78 is 17.1. The number of piperidine rings is 1. The summed E-state index contributed by atoms with van der Waals surface area (Å²) in [4.78, 5) is 36.7. The van der Waals surface area contributed by atoms with Gasteiger partial charge in [0.15, 0.2) is 11.6 Å². The zero-order chi connectivity index (χ0) is 20.7. The highest BCUT2D eigenvalue weighted by atomic mass is 19.1. The van der Waals surface area contributed by atoms with Gasteiger partial charge in [-0.1, -0.05) is 6.58 Å². The van der Waals surface area contributed by atoms with Crippen molar-refractivity contribution in [1.82, 2.24) is 24.8 Å². The number of aromatic nitrogens is 3. The maximum absolute atomic E-state index is 15.4. The molecule has 1 saturated heterocycles. The average molecular weight is 398 g/mol. The van der Waals surface area contributed by atoms with Crippen molar-refractivity contribution in [3.8, 4) is 11.4 Å². The van der Waals surface area contributed by atoms with E-state index in [9.17, 15) is 9.59 Å². The molecule has 152 valence electrons. The molecule has 2 amide bonds. The highest BCUT2D eigenvalue weighted by molar-refractivity contribution is 6.03. The normalized spacial score (nSPS) is 18.4. The van der Waals surface area contributed by atoms with E-state index in [1.807, 2.05) is 7.05 Å². The predicted octanol–water partition coefficient (Wildman–Crippen LogP) is 1.48. The standard InChI is InChI=1S/C20H23FN6O2/c1-4-15(28)27-7-5-6-12(9-27)26(3)19-17(21)13-8-22-20(29)16(13)18(24-19)14-10-25(2)11-23-14/h4,10-12H,1,5-9H2,2-3H3,(H,22,29)/t12-/m1/s1. The Morgan fingerprint density at radius 3 is 2.97 bits per heavy atom. The molecule has 0 aliphatic carbocycles. The van der Waals surface area contributed by atoms with Crippen LogP contribution in [-0.2, 0) is 18.4 Å². The summed E-state index contributed by atoms with van der Waals surface area (Å²) >= 11 is 0. The molecule has 8 nitrogen and oxygen atoms in total. The molecule has 0 bridgehead atoms. The lowest BCUT2D eigenvalue weighted by Crippen LogP contribution is -2.48. The monoisotopic (exact) mass is 398 g/mol. The van der Waals surface area contributed by atoms with Crippen LogP contribution in [0.25, 0.3) is 11.4 Å². The van der Waals surface area contributed by atoms with E-state index in [1.54, 1.807) is 33.9 Å². The molecule has 0 saturated carbocycles. The molecule has 2 aromatic heterocycles. The number of nitrogens with one attached hydrogen (secondary N) is 1. The van der Waals surface area contributed by atoms with Gasteiger partial charge in [0.25, 0.3) is 5.91 Å². The molecule has 0 spiro atoms. The predicted molar refractivity (Wildman–Crippen MR) is 106 cm³/mol. The van der Waals surface area contributed by atoms with Crippen molar-refractivity contribution < 1.29 is 14.0 Å². The fourth-order valence-corrected chi connectivity index (χ4v) is 3.99. The number of rotatable bonds is 4. The van der Waals surface area contributed by atoms with Gasteiger partial charge >= 0.3 is 0 Å². The number of likely N-dealkylation sites (N-methyl/N-ethyl adjacent to an activating group) is 1. The van der Waals surface area contributed by atoms with Crippen LogP contribution >= 0.6 is 0 Å². The van der Waals surface area contributed by atoms with Crippen molar-refractivity contribution in [1.29, 1.82) is 0 Å². The largest absolute Gasteiger partial charge is 0.352 e. The number of imidazole rings is 1. The molecule has 4 heterocycles. The molecule has 2 aromatic rings. The van der Waals surface area contributed by atoms with E-state index in [2.05, 4.69) is 21.9 Å². The Hall–Kier alpha value is -3.23. The second-order valence-corrected chi connectivity index (χ2v) is 7.45. The highest BCUT2D eigenvalue weighted by Gasteiger charge is 2.34. The molecular weight excluding hydrogens is 375 g/mol. The SMILES string of the molecule is C=CC(=O)N1CCC[C@@H](N(C)c2nc(-c3cn(C)cn3)c3c(c2F)CNC3=O)C1. The van der Waals surface area contributed by atoms with Crippen LogP contribution in [0.3, 0.4) is 0 Å². The molecule has 9 heteroatoms. The van der Waals surface area contributed by atoms with Gasteiger partial charge in [-0.05, 0) is 18.9 Å². The number of hydrogen-bond donors (Lipinski definition) is 1. The Bertz CT molecular complexity index is 1000. The van der Waals surface area contributed by atoms with Crippen molar-refractivity contribution in [3.63, 3.8) is 0 Å². The molecular formula is C20H23FN6O2. The van der Waals surface area contributed by atoms with Crippen molar-refractivity contribution in [2.24, 2.45) is 7.05 Å². The van der Waals surface area contributed by atoms with Crippen LogP contribution in [0.1, 0.15) is 28.8 Å². The van der Waals surface area contributed by atoms with Crippen molar-refractivity contribution >= 4 is 17.6 Å². The second-order valence-electron chi connectivity index (χ2n) is 7.45. The van der Waals surface area contributed by atoms with Gasteiger partial charge in [0.05, 0.1) is 11.9 Å². The van der Waals surface area contributed by atoms with Gasteiger partial charge in [0.1, 0.15) is 11.4 Å². The lowest BCUT2D eigenvalue weighted by atomic mass is 10.0. The van der Waals surface area contributed by atoms with Crippen molar-refractivity contribution in [2.45, 2.75) is 25.4 Å². The molecule has 1 fully saturated rings. The zero-order valence-electron chi connectivity index (χ0n) is 16.5. The van der Waals surface area contributed by atoms with Crippen LogP contribution in [0.4, 0.5) is 10.2 Å².